The first-order valence-corrected chi connectivity index (χ1v) is 8.07. The third-order valence-electron chi connectivity index (χ3n) is 3.37. The maximum atomic E-state index is 5.46. The molecule has 1 heterocycles. The smallest absolute Gasteiger partial charge is 0.123 e. The van der Waals surface area contributed by atoms with E-state index in [2.05, 4.69) is 34.5 Å². The number of para-hydroxylation sites is 1. The van der Waals surface area contributed by atoms with Crippen LogP contribution in [0.4, 0.5) is 0 Å². The minimum Gasteiger partial charge on any atom is -0.496 e. The second-order valence-electron chi connectivity index (χ2n) is 4.95. The van der Waals surface area contributed by atoms with Gasteiger partial charge in [0.25, 0.3) is 0 Å². The van der Waals surface area contributed by atoms with Crippen LogP contribution in [0.25, 0.3) is 0 Å². The second kappa shape index (κ2) is 8.82. The quantitative estimate of drug-likeness (QED) is 0.658. The van der Waals surface area contributed by atoms with E-state index in [0.29, 0.717) is 0 Å². The molecule has 1 aromatic carbocycles. The lowest BCUT2D eigenvalue weighted by Gasteiger charge is -2.22. The molecule has 0 radical (unpaired) electrons. The summed E-state index contributed by atoms with van der Waals surface area (Å²) in [5, 5.41) is 2.13. The molecule has 0 bridgehead atoms. The highest BCUT2D eigenvalue weighted by Gasteiger charge is 2.10. The van der Waals surface area contributed by atoms with E-state index in [1.54, 1.807) is 25.6 Å². The Morgan fingerprint density at radius 1 is 1.05 bits per heavy atom. The van der Waals surface area contributed by atoms with Gasteiger partial charge in [-0.05, 0) is 23.9 Å². The van der Waals surface area contributed by atoms with Gasteiger partial charge in [-0.15, -0.1) is 11.3 Å². The van der Waals surface area contributed by atoms with Gasteiger partial charge >= 0.3 is 0 Å². The van der Waals surface area contributed by atoms with Gasteiger partial charge in [-0.3, -0.25) is 4.90 Å². The maximum Gasteiger partial charge on any atom is 0.123 e. The highest BCUT2D eigenvalue weighted by atomic mass is 32.1. The fraction of sp³-hybridized carbons (Fsp3) is 0.412. The average Bonchev–Trinajstić information content (AvgIpc) is 3.01. The number of hydrogen-bond acceptors (Lipinski definition) is 4. The number of nitrogens with zero attached hydrogens (tertiary/aromatic N) is 1. The van der Waals surface area contributed by atoms with Crippen LogP contribution in [0.2, 0.25) is 0 Å². The van der Waals surface area contributed by atoms with Gasteiger partial charge in [0.1, 0.15) is 5.75 Å². The Kier molecular flexibility index (Phi) is 6.73. The predicted molar refractivity (Wildman–Crippen MR) is 87.9 cm³/mol. The molecular formula is C17H23NO2S. The van der Waals surface area contributed by atoms with Crippen molar-refractivity contribution in [3.8, 4) is 5.75 Å². The van der Waals surface area contributed by atoms with Crippen molar-refractivity contribution in [3.63, 3.8) is 0 Å². The largest absolute Gasteiger partial charge is 0.496 e. The Hall–Kier alpha value is -1.36. The molecule has 0 spiro atoms. The molecular weight excluding hydrogens is 282 g/mol. The molecule has 0 fully saturated rings. The monoisotopic (exact) mass is 305 g/mol. The molecule has 114 valence electrons. The van der Waals surface area contributed by atoms with Gasteiger partial charge in [0.2, 0.25) is 0 Å². The van der Waals surface area contributed by atoms with E-state index in [9.17, 15) is 0 Å². The lowest BCUT2D eigenvalue weighted by molar-refractivity contribution is 0.166. The molecule has 0 amide bonds. The summed E-state index contributed by atoms with van der Waals surface area (Å²) in [7, 11) is 3.48. The molecule has 0 aliphatic carbocycles. The summed E-state index contributed by atoms with van der Waals surface area (Å²) in [4.78, 5) is 3.84. The third kappa shape index (κ3) is 5.16. The number of methoxy groups -OCH3 is 2. The molecule has 2 aromatic rings. The van der Waals surface area contributed by atoms with E-state index >= 15 is 0 Å². The number of rotatable bonds is 9. The zero-order chi connectivity index (χ0) is 14.9. The number of ether oxygens (including phenoxy) is 2. The fourth-order valence-electron chi connectivity index (χ4n) is 2.34. The molecule has 1 aromatic heterocycles. The summed E-state index contributed by atoms with van der Waals surface area (Å²) in [5.74, 6) is 0.959. The maximum absolute atomic E-state index is 5.46. The van der Waals surface area contributed by atoms with Gasteiger partial charge in [0, 0.05) is 43.8 Å². The molecule has 0 N–H and O–H groups in total. The van der Waals surface area contributed by atoms with Crippen molar-refractivity contribution < 1.29 is 9.47 Å². The third-order valence-corrected chi connectivity index (χ3v) is 4.23. The Bertz CT molecular complexity index is 513. The zero-order valence-electron chi connectivity index (χ0n) is 12.7. The van der Waals surface area contributed by atoms with Crippen LogP contribution in [0, 0.1) is 0 Å². The van der Waals surface area contributed by atoms with E-state index in [1.807, 2.05) is 12.1 Å². The van der Waals surface area contributed by atoms with Gasteiger partial charge < -0.3 is 9.47 Å². The molecule has 21 heavy (non-hydrogen) atoms. The average molecular weight is 305 g/mol. The van der Waals surface area contributed by atoms with Gasteiger partial charge in [-0.1, -0.05) is 24.3 Å². The first kappa shape index (κ1) is 16.0. The summed E-state index contributed by atoms with van der Waals surface area (Å²) in [6.07, 6.45) is 1.04. The van der Waals surface area contributed by atoms with Crippen molar-refractivity contribution >= 4 is 11.3 Å². The highest BCUT2D eigenvalue weighted by molar-refractivity contribution is 7.09. The van der Waals surface area contributed by atoms with Crippen molar-refractivity contribution in [2.24, 2.45) is 0 Å². The van der Waals surface area contributed by atoms with Gasteiger partial charge in [-0.2, -0.15) is 0 Å². The molecule has 0 saturated carbocycles. The van der Waals surface area contributed by atoms with Crippen LogP contribution in [0.15, 0.2) is 41.8 Å². The van der Waals surface area contributed by atoms with Crippen molar-refractivity contribution in [2.45, 2.75) is 19.5 Å². The second-order valence-corrected chi connectivity index (χ2v) is 5.98. The Morgan fingerprint density at radius 3 is 2.62 bits per heavy atom. The lowest BCUT2D eigenvalue weighted by Crippen LogP contribution is -2.24. The van der Waals surface area contributed by atoms with Crippen molar-refractivity contribution in [3.05, 3.63) is 52.2 Å². The van der Waals surface area contributed by atoms with E-state index in [1.165, 1.54) is 10.4 Å². The van der Waals surface area contributed by atoms with Crippen molar-refractivity contribution in [2.75, 3.05) is 27.4 Å². The van der Waals surface area contributed by atoms with Crippen LogP contribution in [-0.2, 0) is 17.8 Å². The summed E-state index contributed by atoms with van der Waals surface area (Å²) in [5.41, 5.74) is 1.23. The molecule has 0 aliphatic heterocycles. The number of benzene rings is 1. The molecule has 0 saturated heterocycles. The van der Waals surface area contributed by atoms with Crippen molar-refractivity contribution in [1.82, 2.24) is 4.90 Å². The summed E-state index contributed by atoms with van der Waals surface area (Å²) < 4.78 is 10.6. The van der Waals surface area contributed by atoms with Gasteiger partial charge in [0.05, 0.1) is 7.11 Å². The van der Waals surface area contributed by atoms with Crippen LogP contribution < -0.4 is 4.74 Å². The summed E-state index contributed by atoms with van der Waals surface area (Å²) in [6.45, 7) is 3.68. The van der Waals surface area contributed by atoms with Crippen LogP contribution in [0.3, 0.4) is 0 Å². The fourth-order valence-corrected chi connectivity index (χ4v) is 3.09. The minimum atomic E-state index is 0.798. The van der Waals surface area contributed by atoms with Crippen LogP contribution >= 0.6 is 11.3 Å². The molecule has 0 aliphatic rings. The molecule has 0 unspecified atom stereocenters. The number of hydrogen-bond donors (Lipinski definition) is 0. The van der Waals surface area contributed by atoms with Crippen LogP contribution in [0.1, 0.15) is 16.9 Å². The Balaban J connectivity index is 2.03. The van der Waals surface area contributed by atoms with E-state index in [4.69, 9.17) is 9.47 Å². The normalized spacial score (nSPS) is 11.0. The van der Waals surface area contributed by atoms with Gasteiger partial charge in [-0.25, -0.2) is 0 Å². The van der Waals surface area contributed by atoms with Gasteiger partial charge in [0.15, 0.2) is 0 Å². The minimum absolute atomic E-state index is 0.798. The van der Waals surface area contributed by atoms with Crippen LogP contribution in [0.5, 0.6) is 5.75 Å². The molecule has 2 rings (SSSR count). The number of thiophene rings is 1. The first-order valence-electron chi connectivity index (χ1n) is 7.19. The SMILES string of the molecule is COCCCN(Cc1cccs1)Cc1ccccc1OC. The lowest BCUT2D eigenvalue weighted by atomic mass is 10.2. The Labute approximate surface area is 131 Å². The van der Waals surface area contributed by atoms with E-state index in [0.717, 1.165) is 38.4 Å². The Morgan fingerprint density at radius 2 is 1.90 bits per heavy atom. The highest BCUT2D eigenvalue weighted by Crippen LogP contribution is 2.21. The van der Waals surface area contributed by atoms with E-state index < -0.39 is 0 Å². The molecule has 4 heteroatoms. The first-order chi connectivity index (χ1) is 10.3. The summed E-state index contributed by atoms with van der Waals surface area (Å²) in [6, 6.07) is 12.5. The zero-order valence-corrected chi connectivity index (χ0v) is 13.6. The standard InChI is InChI=1S/C17H23NO2S/c1-19-11-6-10-18(14-16-8-5-12-21-16)13-15-7-3-4-9-17(15)20-2/h3-5,7-9,12H,6,10-11,13-14H2,1-2H3. The predicted octanol–water partition coefficient (Wildman–Crippen LogP) is 3.80. The van der Waals surface area contributed by atoms with Crippen LogP contribution in [-0.4, -0.2) is 32.3 Å². The van der Waals surface area contributed by atoms with Crippen molar-refractivity contribution in [1.29, 1.82) is 0 Å². The molecule has 0 atom stereocenters. The summed E-state index contributed by atoms with van der Waals surface area (Å²) >= 11 is 1.81. The molecule has 3 nitrogen and oxygen atoms in total. The van der Waals surface area contributed by atoms with E-state index in [-0.39, 0.29) is 0 Å². The topological polar surface area (TPSA) is 21.7 Å².